The van der Waals surface area contributed by atoms with Crippen LogP contribution >= 0.6 is 0 Å². The summed E-state index contributed by atoms with van der Waals surface area (Å²) < 4.78 is 31.8. The summed E-state index contributed by atoms with van der Waals surface area (Å²) in [6.45, 7) is 6.10. The zero-order valence-corrected chi connectivity index (χ0v) is 12.6. The van der Waals surface area contributed by atoms with Crippen molar-refractivity contribution in [1.29, 1.82) is 0 Å². The first-order chi connectivity index (χ1) is 9.38. The van der Waals surface area contributed by atoms with Gasteiger partial charge in [0.1, 0.15) is 12.0 Å². The van der Waals surface area contributed by atoms with Crippen molar-refractivity contribution in [3.8, 4) is 11.3 Å². The van der Waals surface area contributed by atoms with Crippen molar-refractivity contribution in [3.63, 3.8) is 0 Å². The highest BCUT2D eigenvalue weighted by molar-refractivity contribution is 7.89. The van der Waals surface area contributed by atoms with Crippen LogP contribution in [0.25, 0.3) is 11.3 Å². The summed E-state index contributed by atoms with van der Waals surface area (Å²) in [6.07, 6.45) is 1.55. The third-order valence-electron chi connectivity index (χ3n) is 2.76. The van der Waals surface area contributed by atoms with Gasteiger partial charge in [0.25, 0.3) is 0 Å². The minimum absolute atomic E-state index is 0.252. The number of nitrogens with one attached hydrogen (secondary N) is 1. The lowest BCUT2D eigenvalue weighted by Crippen LogP contribution is -2.27. The van der Waals surface area contributed by atoms with Gasteiger partial charge in [-0.3, -0.25) is 0 Å². The van der Waals surface area contributed by atoms with Crippen LogP contribution in [0.15, 0.2) is 39.8 Å². The van der Waals surface area contributed by atoms with Crippen LogP contribution in [0, 0.1) is 12.8 Å². The van der Waals surface area contributed by atoms with Gasteiger partial charge in [0.15, 0.2) is 5.89 Å². The molecule has 0 saturated carbocycles. The number of rotatable bonds is 5. The highest BCUT2D eigenvalue weighted by atomic mass is 32.2. The molecule has 2 rings (SSSR count). The normalized spacial score (nSPS) is 12.0. The number of sulfonamides is 1. The third-order valence-corrected chi connectivity index (χ3v) is 4.20. The lowest BCUT2D eigenvalue weighted by molar-refractivity contribution is 0.521. The van der Waals surface area contributed by atoms with E-state index in [1.807, 2.05) is 13.8 Å². The molecule has 108 valence electrons. The summed E-state index contributed by atoms with van der Waals surface area (Å²) in [6, 6.07) is 6.59. The fourth-order valence-electron chi connectivity index (χ4n) is 1.66. The average Bonchev–Trinajstić information content (AvgIpc) is 2.83. The number of oxazole rings is 1. The van der Waals surface area contributed by atoms with Crippen LogP contribution < -0.4 is 4.72 Å². The molecule has 0 aliphatic carbocycles. The van der Waals surface area contributed by atoms with E-state index < -0.39 is 10.0 Å². The SMILES string of the molecule is Cc1nc(-c2ccc(S(=O)(=O)NCC(C)C)cc2)co1. The highest BCUT2D eigenvalue weighted by Crippen LogP contribution is 2.20. The largest absolute Gasteiger partial charge is 0.449 e. The Bertz CT molecular complexity index is 673. The first kappa shape index (κ1) is 14.7. The number of hydrogen-bond acceptors (Lipinski definition) is 4. The van der Waals surface area contributed by atoms with E-state index in [1.54, 1.807) is 37.5 Å². The van der Waals surface area contributed by atoms with Crippen LogP contribution in [0.4, 0.5) is 0 Å². The molecule has 6 heteroatoms. The van der Waals surface area contributed by atoms with Crippen molar-refractivity contribution >= 4 is 10.0 Å². The maximum atomic E-state index is 12.0. The van der Waals surface area contributed by atoms with Gasteiger partial charge in [0.05, 0.1) is 4.90 Å². The van der Waals surface area contributed by atoms with Crippen molar-refractivity contribution in [2.45, 2.75) is 25.7 Å². The smallest absolute Gasteiger partial charge is 0.240 e. The molecule has 0 radical (unpaired) electrons. The van der Waals surface area contributed by atoms with Crippen molar-refractivity contribution in [2.75, 3.05) is 6.54 Å². The van der Waals surface area contributed by atoms with E-state index in [9.17, 15) is 8.42 Å². The highest BCUT2D eigenvalue weighted by Gasteiger charge is 2.14. The van der Waals surface area contributed by atoms with E-state index in [0.29, 0.717) is 18.1 Å². The van der Waals surface area contributed by atoms with Gasteiger partial charge >= 0.3 is 0 Å². The Balaban J connectivity index is 2.19. The van der Waals surface area contributed by atoms with Gasteiger partial charge in [-0.05, 0) is 18.1 Å². The summed E-state index contributed by atoms with van der Waals surface area (Å²) in [5.74, 6) is 0.845. The van der Waals surface area contributed by atoms with Crippen LogP contribution in [0.3, 0.4) is 0 Å². The van der Waals surface area contributed by atoms with Crippen molar-refractivity contribution in [1.82, 2.24) is 9.71 Å². The van der Waals surface area contributed by atoms with Gasteiger partial charge in [-0.2, -0.15) is 0 Å². The molecular weight excluding hydrogens is 276 g/mol. The van der Waals surface area contributed by atoms with Crippen LogP contribution in [0.2, 0.25) is 0 Å². The molecule has 0 bridgehead atoms. The van der Waals surface area contributed by atoms with Gasteiger partial charge in [0, 0.05) is 19.0 Å². The predicted octanol–water partition coefficient (Wildman–Crippen LogP) is 2.58. The van der Waals surface area contributed by atoms with Gasteiger partial charge in [-0.1, -0.05) is 26.0 Å². The maximum absolute atomic E-state index is 12.0. The second-order valence-corrected chi connectivity index (χ2v) is 6.79. The Kier molecular flexibility index (Phi) is 4.25. The topological polar surface area (TPSA) is 72.2 Å². The average molecular weight is 294 g/mol. The summed E-state index contributed by atoms with van der Waals surface area (Å²) in [4.78, 5) is 4.45. The second-order valence-electron chi connectivity index (χ2n) is 5.02. The molecule has 5 nitrogen and oxygen atoms in total. The van der Waals surface area contributed by atoms with Crippen molar-refractivity contribution < 1.29 is 12.8 Å². The predicted molar refractivity (Wildman–Crippen MR) is 76.7 cm³/mol. The number of aromatic nitrogens is 1. The van der Waals surface area contributed by atoms with E-state index in [1.165, 1.54) is 0 Å². The molecule has 0 unspecified atom stereocenters. The molecule has 1 N–H and O–H groups in total. The van der Waals surface area contributed by atoms with Crippen LogP contribution in [-0.2, 0) is 10.0 Å². The molecule has 1 aromatic carbocycles. The first-order valence-corrected chi connectivity index (χ1v) is 7.89. The van der Waals surface area contributed by atoms with Crippen LogP contribution in [-0.4, -0.2) is 19.9 Å². The summed E-state index contributed by atoms with van der Waals surface area (Å²) in [7, 11) is -3.44. The number of hydrogen-bond donors (Lipinski definition) is 1. The lowest BCUT2D eigenvalue weighted by Gasteiger charge is -2.09. The Morgan fingerprint density at radius 2 is 1.90 bits per heavy atom. The molecule has 0 aliphatic heterocycles. The third kappa shape index (κ3) is 3.46. The Hall–Kier alpha value is -1.66. The van der Waals surface area contributed by atoms with Crippen LogP contribution in [0.5, 0.6) is 0 Å². The van der Waals surface area contributed by atoms with Gasteiger partial charge in [-0.15, -0.1) is 0 Å². The number of aryl methyl sites for hydroxylation is 1. The van der Waals surface area contributed by atoms with E-state index in [2.05, 4.69) is 9.71 Å². The Morgan fingerprint density at radius 1 is 1.25 bits per heavy atom. The van der Waals surface area contributed by atoms with E-state index >= 15 is 0 Å². The van der Waals surface area contributed by atoms with E-state index in [4.69, 9.17) is 4.42 Å². The molecule has 0 saturated heterocycles. The van der Waals surface area contributed by atoms with Gasteiger partial charge < -0.3 is 4.42 Å². The zero-order chi connectivity index (χ0) is 14.8. The van der Waals surface area contributed by atoms with E-state index in [0.717, 1.165) is 5.56 Å². The number of benzene rings is 1. The first-order valence-electron chi connectivity index (χ1n) is 6.41. The fourth-order valence-corrected chi connectivity index (χ4v) is 2.87. The molecule has 0 aliphatic rings. The van der Waals surface area contributed by atoms with E-state index in [-0.39, 0.29) is 10.8 Å². The molecule has 0 fully saturated rings. The molecule has 20 heavy (non-hydrogen) atoms. The molecule has 0 amide bonds. The standard InChI is InChI=1S/C14H18N2O3S/c1-10(2)8-15-20(17,18)13-6-4-12(5-7-13)14-9-19-11(3)16-14/h4-7,9-10,15H,8H2,1-3H3. The van der Waals surface area contributed by atoms with Crippen LogP contribution in [0.1, 0.15) is 19.7 Å². The minimum Gasteiger partial charge on any atom is -0.449 e. The lowest BCUT2D eigenvalue weighted by atomic mass is 10.2. The Labute approximate surface area is 119 Å². The summed E-state index contributed by atoms with van der Waals surface area (Å²) in [5.41, 5.74) is 1.52. The quantitative estimate of drug-likeness (QED) is 0.920. The summed E-state index contributed by atoms with van der Waals surface area (Å²) >= 11 is 0. The zero-order valence-electron chi connectivity index (χ0n) is 11.8. The molecule has 0 atom stereocenters. The fraction of sp³-hybridized carbons (Fsp3) is 0.357. The van der Waals surface area contributed by atoms with Gasteiger partial charge in [0.2, 0.25) is 10.0 Å². The Morgan fingerprint density at radius 3 is 2.40 bits per heavy atom. The molecule has 1 heterocycles. The van der Waals surface area contributed by atoms with Crippen molar-refractivity contribution in [3.05, 3.63) is 36.4 Å². The molecular formula is C14H18N2O3S. The molecule has 1 aromatic heterocycles. The molecule has 2 aromatic rings. The monoisotopic (exact) mass is 294 g/mol. The maximum Gasteiger partial charge on any atom is 0.240 e. The minimum atomic E-state index is -3.44. The summed E-state index contributed by atoms with van der Waals surface area (Å²) in [5, 5.41) is 0. The second kappa shape index (κ2) is 5.76. The number of nitrogens with zero attached hydrogens (tertiary/aromatic N) is 1. The van der Waals surface area contributed by atoms with Crippen molar-refractivity contribution in [2.24, 2.45) is 5.92 Å². The van der Waals surface area contributed by atoms with Gasteiger partial charge in [-0.25, -0.2) is 18.1 Å². The molecule has 0 spiro atoms.